The molecule has 0 aliphatic carbocycles. The summed E-state index contributed by atoms with van der Waals surface area (Å²) >= 11 is 0. The first-order valence-corrected chi connectivity index (χ1v) is 8.13. The third-order valence-electron chi connectivity index (χ3n) is 4.00. The molecule has 27 heavy (non-hydrogen) atoms. The van der Waals surface area contributed by atoms with Crippen molar-refractivity contribution in [3.63, 3.8) is 0 Å². The Bertz CT molecular complexity index is 832. The second-order valence-electron chi connectivity index (χ2n) is 7.09. The van der Waals surface area contributed by atoms with Crippen molar-refractivity contribution in [2.24, 2.45) is 11.1 Å². The standard InChI is InChI=1S/C18H21F3N4O2/c1-17(2,3)12(22)9-27-13-7-6-11(18(19,20)21)14(25-13)15(26)10-5-4-8-24-16(10)23/h4-8,12H,9,22H2,1-3H3,(H2,23,24). The Morgan fingerprint density at radius 2 is 1.89 bits per heavy atom. The molecule has 146 valence electrons. The maximum absolute atomic E-state index is 13.3. The zero-order valence-electron chi connectivity index (χ0n) is 15.2. The average Bonchev–Trinajstić information content (AvgIpc) is 2.57. The van der Waals surface area contributed by atoms with Gasteiger partial charge in [0.05, 0.1) is 11.1 Å². The van der Waals surface area contributed by atoms with Crippen molar-refractivity contribution in [2.45, 2.75) is 33.0 Å². The van der Waals surface area contributed by atoms with E-state index in [0.717, 1.165) is 12.1 Å². The lowest BCUT2D eigenvalue weighted by Gasteiger charge is -2.26. The van der Waals surface area contributed by atoms with Crippen LogP contribution in [0.3, 0.4) is 0 Å². The van der Waals surface area contributed by atoms with E-state index < -0.39 is 23.2 Å². The fraction of sp³-hybridized carbons (Fsp3) is 0.389. The smallest absolute Gasteiger partial charge is 0.418 e. The van der Waals surface area contributed by atoms with E-state index in [9.17, 15) is 18.0 Å². The van der Waals surface area contributed by atoms with Crippen LogP contribution in [-0.2, 0) is 6.18 Å². The van der Waals surface area contributed by atoms with Crippen LogP contribution in [0.1, 0.15) is 42.4 Å². The number of halogens is 3. The van der Waals surface area contributed by atoms with Crippen LogP contribution < -0.4 is 16.2 Å². The summed E-state index contributed by atoms with van der Waals surface area (Å²) in [4.78, 5) is 20.1. The van der Waals surface area contributed by atoms with Crippen molar-refractivity contribution in [1.82, 2.24) is 9.97 Å². The number of carbonyl (C=O) groups is 1. The number of ether oxygens (including phenoxy) is 1. The maximum atomic E-state index is 13.3. The summed E-state index contributed by atoms with van der Waals surface area (Å²) in [5.74, 6) is -1.30. The third kappa shape index (κ3) is 4.94. The van der Waals surface area contributed by atoms with Gasteiger partial charge in [-0.2, -0.15) is 13.2 Å². The molecule has 2 aromatic heterocycles. The Labute approximate surface area is 154 Å². The summed E-state index contributed by atoms with van der Waals surface area (Å²) in [6.45, 7) is 5.74. The Morgan fingerprint density at radius 3 is 2.44 bits per heavy atom. The van der Waals surface area contributed by atoms with Gasteiger partial charge in [0.15, 0.2) is 0 Å². The normalized spacial score (nSPS) is 13.3. The molecule has 4 N–H and O–H groups in total. The fourth-order valence-electron chi connectivity index (χ4n) is 2.09. The lowest BCUT2D eigenvalue weighted by atomic mass is 9.88. The van der Waals surface area contributed by atoms with Crippen molar-refractivity contribution >= 4 is 11.6 Å². The highest BCUT2D eigenvalue weighted by molar-refractivity contribution is 6.11. The highest BCUT2D eigenvalue weighted by Gasteiger charge is 2.37. The molecule has 1 atom stereocenters. The second kappa shape index (κ2) is 7.51. The number of aromatic nitrogens is 2. The van der Waals surface area contributed by atoms with Crippen LogP contribution in [0.4, 0.5) is 19.0 Å². The van der Waals surface area contributed by atoms with Crippen molar-refractivity contribution in [3.05, 3.63) is 47.3 Å². The molecule has 2 heterocycles. The van der Waals surface area contributed by atoms with E-state index in [-0.39, 0.29) is 35.3 Å². The highest BCUT2D eigenvalue weighted by atomic mass is 19.4. The average molecular weight is 382 g/mol. The number of hydrogen-bond donors (Lipinski definition) is 2. The number of nitrogen functional groups attached to an aromatic ring is 1. The van der Waals surface area contributed by atoms with Crippen molar-refractivity contribution in [1.29, 1.82) is 0 Å². The van der Waals surface area contributed by atoms with E-state index in [1.54, 1.807) is 0 Å². The van der Waals surface area contributed by atoms with E-state index >= 15 is 0 Å². The largest absolute Gasteiger partial charge is 0.476 e. The molecule has 6 nitrogen and oxygen atoms in total. The summed E-state index contributed by atoms with van der Waals surface area (Å²) in [5.41, 5.74) is 9.18. The summed E-state index contributed by atoms with van der Waals surface area (Å²) in [5, 5.41) is 0. The number of anilines is 1. The molecule has 0 spiro atoms. The van der Waals surface area contributed by atoms with Crippen LogP contribution in [0, 0.1) is 5.41 Å². The molecule has 0 aromatic carbocycles. The van der Waals surface area contributed by atoms with Crippen molar-refractivity contribution in [2.75, 3.05) is 12.3 Å². The van der Waals surface area contributed by atoms with Crippen LogP contribution in [0.5, 0.6) is 5.88 Å². The van der Waals surface area contributed by atoms with Crippen LogP contribution in [0.2, 0.25) is 0 Å². The van der Waals surface area contributed by atoms with E-state index in [1.807, 2.05) is 20.8 Å². The van der Waals surface area contributed by atoms with Gasteiger partial charge >= 0.3 is 6.18 Å². The monoisotopic (exact) mass is 382 g/mol. The lowest BCUT2D eigenvalue weighted by Crippen LogP contribution is -2.40. The number of rotatable bonds is 5. The lowest BCUT2D eigenvalue weighted by molar-refractivity contribution is -0.138. The first kappa shape index (κ1) is 20.6. The summed E-state index contributed by atoms with van der Waals surface area (Å²) < 4.78 is 45.4. The van der Waals surface area contributed by atoms with Gasteiger partial charge in [-0.15, -0.1) is 0 Å². The van der Waals surface area contributed by atoms with Crippen LogP contribution >= 0.6 is 0 Å². The molecule has 0 bridgehead atoms. The molecular weight excluding hydrogens is 361 g/mol. The molecule has 2 rings (SSSR count). The molecule has 0 fully saturated rings. The molecule has 0 aliphatic heterocycles. The topological polar surface area (TPSA) is 104 Å². The molecule has 2 aromatic rings. The Morgan fingerprint density at radius 1 is 1.22 bits per heavy atom. The number of hydrogen-bond acceptors (Lipinski definition) is 6. The predicted octanol–water partition coefficient (Wildman–Crippen LogP) is 3.06. The van der Waals surface area contributed by atoms with Crippen molar-refractivity contribution < 1.29 is 22.7 Å². The number of nitrogens with zero attached hydrogens (tertiary/aromatic N) is 2. The number of ketones is 1. The van der Waals surface area contributed by atoms with Gasteiger partial charge < -0.3 is 16.2 Å². The van der Waals surface area contributed by atoms with Gasteiger partial charge in [0.1, 0.15) is 18.1 Å². The zero-order chi connectivity index (χ0) is 20.4. The first-order valence-electron chi connectivity index (χ1n) is 8.13. The van der Waals surface area contributed by atoms with E-state index in [1.165, 1.54) is 18.3 Å². The fourth-order valence-corrected chi connectivity index (χ4v) is 2.09. The van der Waals surface area contributed by atoms with E-state index in [2.05, 4.69) is 9.97 Å². The highest BCUT2D eigenvalue weighted by Crippen LogP contribution is 2.34. The minimum atomic E-state index is -4.77. The van der Waals surface area contributed by atoms with Crippen LogP contribution in [0.15, 0.2) is 30.5 Å². The van der Waals surface area contributed by atoms with E-state index in [4.69, 9.17) is 16.2 Å². The molecule has 0 radical (unpaired) electrons. The molecular formula is C18H21F3N4O2. The van der Waals surface area contributed by atoms with Gasteiger partial charge in [-0.25, -0.2) is 9.97 Å². The van der Waals surface area contributed by atoms with Gasteiger partial charge in [0.25, 0.3) is 0 Å². The van der Waals surface area contributed by atoms with Gasteiger partial charge in [-0.05, 0) is 23.6 Å². The zero-order valence-corrected chi connectivity index (χ0v) is 15.2. The minimum Gasteiger partial charge on any atom is -0.476 e. The number of carbonyl (C=O) groups excluding carboxylic acids is 1. The quantitative estimate of drug-likeness (QED) is 0.770. The van der Waals surface area contributed by atoms with Crippen molar-refractivity contribution in [3.8, 4) is 5.88 Å². The Kier molecular flexibility index (Phi) is 5.74. The Hall–Kier alpha value is -2.68. The Balaban J connectivity index is 2.41. The van der Waals surface area contributed by atoms with Crippen LogP contribution in [0.25, 0.3) is 0 Å². The number of nitrogens with two attached hydrogens (primary N) is 2. The maximum Gasteiger partial charge on any atom is 0.418 e. The second-order valence-corrected chi connectivity index (χ2v) is 7.09. The minimum absolute atomic E-state index is 0.0323. The number of pyridine rings is 2. The number of alkyl halides is 3. The van der Waals surface area contributed by atoms with Gasteiger partial charge in [0, 0.05) is 18.3 Å². The molecule has 0 saturated heterocycles. The van der Waals surface area contributed by atoms with Crippen LogP contribution in [-0.4, -0.2) is 28.4 Å². The van der Waals surface area contributed by atoms with Gasteiger partial charge in [-0.1, -0.05) is 20.8 Å². The molecule has 0 saturated carbocycles. The first-order chi connectivity index (χ1) is 12.4. The summed E-state index contributed by atoms with van der Waals surface area (Å²) in [6.07, 6.45) is -3.44. The molecule has 9 heteroatoms. The van der Waals surface area contributed by atoms with Gasteiger partial charge in [-0.3, -0.25) is 4.79 Å². The van der Waals surface area contributed by atoms with E-state index in [0.29, 0.717) is 0 Å². The molecule has 0 aliphatic rings. The molecule has 0 amide bonds. The SMILES string of the molecule is CC(C)(C)C(N)COc1ccc(C(F)(F)F)c(C(=O)c2cccnc2N)n1. The third-order valence-corrected chi connectivity index (χ3v) is 4.00. The predicted molar refractivity (Wildman–Crippen MR) is 94.2 cm³/mol. The summed E-state index contributed by atoms with van der Waals surface area (Å²) in [7, 11) is 0. The van der Waals surface area contributed by atoms with Gasteiger partial charge in [0.2, 0.25) is 11.7 Å². The molecule has 1 unspecified atom stereocenters. The summed E-state index contributed by atoms with van der Waals surface area (Å²) in [6, 6.07) is 4.12.